The molecular formula is C28H26FN3O5. The van der Waals surface area contributed by atoms with Crippen LogP contribution in [-0.4, -0.2) is 26.5 Å². The average Bonchev–Trinajstić information content (AvgIpc) is 3.58. The number of carbonyl (C=O) groups is 2. The molecule has 0 radical (unpaired) electrons. The lowest BCUT2D eigenvalue weighted by Gasteiger charge is -2.32. The summed E-state index contributed by atoms with van der Waals surface area (Å²) in [4.78, 5) is 43.4. The number of esters is 1. The highest BCUT2D eigenvalue weighted by Crippen LogP contribution is 2.47. The van der Waals surface area contributed by atoms with Crippen molar-refractivity contribution in [3.63, 3.8) is 0 Å². The van der Waals surface area contributed by atoms with Crippen LogP contribution >= 0.6 is 0 Å². The van der Waals surface area contributed by atoms with Crippen LogP contribution in [0.5, 0.6) is 0 Å². The van der Waals surface area contributed by atoms with Crippen molar-refractivity contribution in [1.29, 1.82) is 0 Å². The minimum atomic E-state index is -1.88. The molecule has 2 atom stereocenters. The van der Waals surface area contributed by atoms with Crippen LogP contribution in [0.15, 0.2) is 16.9 Å². The maximum atomic E-state index is 14.9. The molecule has 190 valence electrons. The number of aromatic nitrogens is 2. The summed E-state index contributed by atoms with van der Waals surface area (Å²) >= 11 is 0. The minimum absolute atomic E-state index is 0.171. The zero-order valence-corrected chi connectivity index (χ0v) is 20.6. The molecule has 1 amide bonds. The summed E-state index contributed by atoms with van der Waals surface area (Å²) in [6.45, 7) is 3.26. The fourth-order valence-electron chi connectivity index (χ4n) is 6.54. The number of fused-ring (bicyclic) bond motifs is 5. The number of ether oxygens (including phenoxy) is 1. The van der Waals surface area contributed by atoms with Gasteiger partial charge in [-0.15, -0.1) is 0 Å². The van der Waals surface area contributed by atoms with Crippen LogP contribution in [0.1, 0.15) is 72.0 Å². The molecule has 3 aromatic rings. The number of halogens is 1. The van der Waals surface area contributed by atoms with Gasteiger partial charge < -0.3 is 19.7 Å². The first-order valence-corrected chi connectivity index (χ1v) is 12.8. The second-order valence-corrected chi connectivity index (χ2v) is 10.9. The van der Waals surface area contributed by atoms with Crippen LogP contribution in [0.25, 0.3) is 22.3 Å². The molecule has 1 aromatic carbocycles. The van der Waals surface area contributed by atoms with Crippen LogP contribution in [0, 0.1) is 18.7 Å². The molecule has 1 fully saturated rings. The Kier molecular flexibility index (Phi) is 4.56. The normalized spacial score (nSPS) is 23.4. The van der Waals surface area contributed by atoms with E-state index in [1.54, 1.807) is 17.6 Å². The molecule has 2 aromatic heterocycles. The van der Waals surface area contributed by atoms with Gasteiger partial charge in [-0.1, -0.05) is 12.8 Å². The number of amides is 1. The van der Waals surface area contributed by atoms with E-state index in [-0.39, 0.29) is 59.9 Å². The number of rotatable bonds is 3. The summed E-state index contributed by atoms with van der Waals surface area (Å²) in [7, 11) is 0. The Bertz CT molecular complexity index is 1640. The molecule has 9 heteroatoms. The van der Waals surface area contributed by atoms with E-state index >= 15 is 0 Å². The third kappa shape index (κ3) is 3.09. The highest BCUT2D eigenvalue weighted by atomic mass is 19.1. The van der Waals surface area contributed by atoms with Gasteiger partial charge in [0.25, 0.3) is 5.56 Å². The van der Waals surface area contributed by atoms with Crippen molar-refractivity contribution < 1.29 is 23.8 Å². The Balaban J connectivity index is 1.51. The molecule has 4 aliphatic rings. The third-order valence-corrected chi connectivity index (χ3v) is 8.52. The van der Waals surface area contributed by atoms with E-state index < -0.39 is 11.6 Å². The Morgan fingerprint density at radius 3 is 2.76 bits per heavy atom. The van der Waals surface area contributed by atoms with Crippen LogP contribution in [0.2, 0.25) is 0 Å². The molecule has 2 aliphatic carbocycles. The van der Waals surface area contributed by atoms with Gasteiger partial charge in [0.1, 0.15) is 12.4 Å². The zero-order valence-electron chi connectivity index (χ0n) is 20.6. The molecule has 7 rings (SSSR count). The number of nitrogens with one attached hydrogen (secondary N) is 1. The zero-order chi connectivity index (χ0) is 25.8. The van der Waals surface area contributed by atoms with E-state index in [1.807, 2.05) is 0 Å². The number of hydrogen-bond donors (Lipinski definition) is 2. The topological polar surface area (TPSA) is 111 Å². The van der Waals surface area contributed by atoms with Crippen LogP contribution in [-0.2, 0) is 39.5 Å². The van der Waals surface area contributed by atoms with E-state index in [1.165, 1.54) is 13.0 Å². The monoisotopic (exact) mass is 503 g/mol. The summed E-state index contributed by atoms with van der Waals surface area (Å²) in [5.74, 6) is -1.04. The van der Waals surface area contributed by atoms with Gasteiger partial charge in [0, 0.05) is 29.5 Å². The number of aryl methyl sites for hydroxylation is 1. The van der Waals surface area contributed by atoms with Crippen molar-refractivity contribution in [3.05, 3.63) is 61.7 Å². The fourth-order valence-corrected chi connectivity index (χ4v) is 6.54. The summed E-state index contributed by atoms with van der Waals surface area (Å²) in [5, 5.41) is 15.4. The molecule has 2 aliphatic heterocycles. The van der Waals surface area contributed by atoms with Gasteiger partial charge in [-0.2, -0.15) is 0 Å². The number of aliphatic hydroxyl groups is 1. The first-order valence-electron chi connectivity index (χ1n) is 12.8. The van der Waals surface area contributed by atoms with Gasteiger partial charge in [0.15, 0.2) is 5.60 Å². The number of benzene rings is 1. The van der Waals surface area contributed by atoms with Crippen LogP contribution in [0.3, 0.4) is 0 Å². The number of carbonyl (C=O) groups excluding carboxylic acids is 2. The van der Waals surface area contributed by atoms with Crippen molar-refractivity contribution in [1.82, 2.24) is 14.9 Å². The number of pyridine rings is 2. The Labute approximate surface area is 211 Å². The Morgan fingerprint density at radius 1 is 1.24 bits per heavy atom. The molecule has 0 bridgehead atoms. The van der Waals surface area contributed by atoms with Crippen molar-refractivity contribution in [2.45, 2.75) is 70.7 Å². The lowest BCUT2D eigenvalue weighted by molar-refractivity contribution is -0.173. The predicted octanol–water partition coefficient (Wildman–Crippen LogP) is 3.04. The molecule has 4 heterocycles. The van der Waals surface area contributed by atoms with Crippen molar-refractivity contribution in [2.24, 2.45) is 5.92 Å². The second kappa shape index (κ2) is 7.47. The lowest BCUT2D eigenvalue weighted by Crippen LogP contribution is -2.45. The standard InChI is InChI=1S/C28H26FN3O5/c1-12-15-5-6-20(30-13(2)33)24-16-10-32-22(25(16)31-21(23(15)24)8-19(12)29)7-18-17(26(32)34)11-37-27(35)28(18,36)9-14-3-4-14/h7-8,14,20,36H,3-6,9-11H2,1-2H3,(H,30,33)/t20?,28-/m0/s1. The van der Waals surface area contributed by atoms with Gasteiger partial charge >= 0.3 is 5.97 Å². The smallest absolute Gasteiger partial charge is 0.343 e. The van der Waals surface area contributed by atoms with E-state index in [0.717, 1.165) is 34.9 Å². The summed E-state index contributed by atoms with van der Waals surface area (Å²) in [6, 6.07) is 2.80. The number of cyclic esters (lactones) is 1. The molecule has 37 heavy (non-hydrogen) atoms. The highest BCUT2D eigenvalue weighted by molar-refractivity contribution is 5.93. The number of hydrogen-bond acceptors (Lipinski definition) is 6. The third-order valence-electron chi connectivity index (χ3n) is 8.52. The van der Waals surface area contributed by atoms with E-state index in [2.05, 4.69) is 5.32 Å². The molecule has 1 unspecified atom stereocenters. The first-order chi connectivity index (χ1) is 17.7. The molecule has 1 saturated carbocycles. The molecule has 2 N–H and O–H groups in total. The molecule has 8 nitrogen and oxygen atoms in total. The van der Waals surface area contributed by atoms with Gasteiger partial charge in [-0.25, -0.2) is 14.2 Å². The average molecular weight is 504 g/mol. The lowest BCUT2D eigenvalue weighted by atomic mass is 9.81. The maximum Gasteiger partial charge on any atom is 0.343 e. The van der Waals surface area contributed by atoms with Gasteiger partial charge in [-0.3, -0.25) is 9.59 Å². The summed E-state index contributed by atoms with van der Waals surface area (Å²) < 4.78 is 21.8. The highest BCUT2D eigenvalue weighted by Gasteiger charge is 2.49. The van der Waals surface area contributed by atoms with Gasteiger partial charge in [-0.05, 0) is 54.9 Å². The number of nitrogens with zero attached hydrogens (tertiary/aromatic N) is 2. The Morgan fingerprint density at radius 2 is 2.03 bits per heavy atom. The quantitative estimate of drug-likeness (QED) is 0.416. The largest absolute Gasteiger partial charge is 0.458 e. The van der Waals surface area contributed by atoms with Gasteiger partial charge in [0.2, 0.25) is 5.91 Å². The second-order valence-electron chi connectivity index (χ2n) is 10.9. The summed E-state index contributed by atoms with van der Waals surface area (Å²) in [5.41, 5.74) is 2.91. The predicted molar refractivity (Wildman–Crippen MR) is 131 cm³/mol. The SMILES string of the molecule is CC(=O)NC1CCc2c(C)c(F)cc3nc4c(c1c23)Cn1c-4cc2c(c1=O)COC(=O)[C@]2(O)CC1CC1. The molecule has 0 saturated heterocycles. The van der Waals surface area contributed by atoms with Crippen LogP contribution < -0.4 is 10.9 Å². The van der Waals surface area contributed by atoms with Crippen molar-refractivity contribution >= 4 is 22.8 Å². The fraction of sp³-hybridized carbons (Fsp3) is 0.429. The van der Waals surface area contributed by atoms with Crippen molar-refractivity contribution in [3.8, 4) is 11.4 Å². The van der Waals surface area contributed by atoms with Crippen molar-refractivity contribution in [2.75, 3.05) is 0 Å². The van der Waals surface area contributed by atoms with E-state index in [9.17, 15) is 23.9 Å². The Hall–Kier alpha value is -3.59. The molecular weight excluding hydrogens is 477 g/mol. The minimum Gasteiger partial charge on any atom is -0.458 e. The van der Waals surface area contributed by atoms with E-state index in [0.29, 0.717) is 35.3 Å². The molecule has 0 spiro atoms. The summed E-state index contributed by atoms with van der Waals surface area (Å²) in [6.07, 6.45) is 3.27. The van der Waals surface area contributed by atoms with Gasteiger partial charge in [0.05, 0.1) is 35.1 Å². The maximum absolute atomic E-state index is 14.9. The first kappa shape index (κ1) is 22.6. The van der Waals surface area contributed by atoms with E-state index in [4.69, 9.17) is 9.72 Å². The van der Waals surface area contributed by atoms with Crippen LogP contribution in [0.4, 0.5) is 4.39 Å².